The lowest BCUT2D eigenvalue weighted by Gasteiger charge is -2.09. The Morgan fingerprint density at radius 1 is 1.04 bits per heavy atom. The van der Waals surface area contributed by atoms with E-state index in [2.05, 4.69) is 56.8 Å². The average molecular weight is 315 g/mol. The monoisotopic (exact) mass is 315 g/mol. The van der Waals surface area contributed by atoms with Gasteiger partial charge < -0.3 is 4.42 Å². The average Bonchev–Trinajstić information content (AvgIpc) is 3.11. The van der Waals surface area contributed by atoms with Crippen LogP contribution in [0.1, 0.15) is 29.2 Å². The van der Waals surface area contributed by atoms with Gasteiger partial charge in [0.15, 0.2) is 0 Å². The third-order valence-electron chi connectivity index (χ3n) is 4.17. The highest BCUT2D eigenvalue weighted by atomic mass is 16.3. The van der Waals surface area contributed by atoms with Crippen LogP contribution in [0.4, 0.5) is 5.69 Å². The molecule has 0 atom stereocenters. The number of furan rings is 1. The molecule has 0 aliphatic heterocycles. The van der Waals surface area contributed by atoms with Crippen molar-refractivity contribution in [3.63, 3.8) is 0 Å². The van der Waals surface area contributed by atoms with Gasteiger partial charge in [-0.25, -0.2) is 0 Å². The Morgan fingerprint density at radius 3 is 2.58 bits per heavy atom. The van der Waals surface area contributed by atoms with E-state index in [9.17, 15) is 0 Å². The molecule has 0 unspecified atom stereocenters. The standard InChI is InChI=1S/C22H21NO/c1-5-18-12-15(2)6-9-21(18)17(4)23-22-13-19(8-7-16(22)3)20-10-11-24-14-20/h5-14H,1H2,2-4H3. The minimum Gasteiger partial charge on any atom is -0.472 e. The molecule has 0 radical (unpaired) electrons. The Bertz CT molecular complexity index is 902. The van der Waals surface area contributed by atoms with Crippen LogP contribution in [0.3, 0.4) is 0 Å². The van der Waals surface area contributed by atoms with Crippen molar-refractivity contribution in [1.82, 2.24) is 0 Å². The number of benzene rings is 2. The van der Waals surface area contributed by atoms with Crippen molar-refractivity contribution in [3.05, 3.63) is 83.8 Å². The van der Waals surface area contributed by atoms with Gasteiger partial charge in [0.05, 0.1) is 18.2 Å². The third-order valence-corrected chi connectivity index (χ3v) is 4.17. The number of rotatable bonds is 4. The maximum Gasteiger partial charge on any atom is 0.0980 e. The van der Waals surface area contributed by atoms with Crippen LogP contribution in [0.25, 0.3) is 17.2 Å². The molecule has 0 spiro atoms. The maximum absolute atomic E-state index is 5.18. The van der Waals surface area contributed by atoms with Crippen LogP contribution in [-0.4, -0.2) is 5.71 Å². The Kier molecular flexibility index (Phi) is 4.48. The van der Waals surface area contributed by atoms with Crippen molar-refractivity contribution in [2.24, 2.45) is 4.99 Å². The summed E-state index contributed by atoms with van der Waals surface area (Å²) in [5, 5.41) is 0. The lowest BCUT2D eigenvalue weighted by molar-refractivity contribution is 0.568. The summed E-state index contributed by atoms with van der Waals surface area (Å²) < 4.78 is 5.18. The quantitative estimate of drug-likeness (QED) is 0.515. The van der Waals surface area contributed by atoms with E-state index in [0.717, 1.165) is 39.2 Å². The Labute approximate surface area is 143 Å². The fourth-order valence-corrected chi connectivity index (χ4v) is 2.76. The van der Waals surface area contributed by atoms with Crippen LogP contribution >= 0.6 is 0 Å². The van der Waals surface area contributed by atoms with E-state index in [1.807, 2.05) is 19.1 Å². The van der Waals surface area contributed by atoms with E-state index in [-0.39, 0.29) is 0 Å². The summed E-state index contributed by atoms with van der Waals surface area (Å²) in [5.74, 6) is 0. The van der Waals surface area contributed by atoms with Gasteiger partial charge in [-0.2, -0.15) is 0 Å². The highest BCUT2D eigenvalue weighted by Gasteiger charge is 2.07. The van der Waals surface area contributed by atoms with Crippen LogP contribution in [-0.2, 0) is 0 Å². The van der Waals surface area contributed by atoms with E-state index in [0.29, 0.717) is 0 Å². The third kappa shape index (κ3) is 3.23. The molecule has 0 aliphatic rings. The van der Waals surface area contributed by atoms with Crippen molar-refractivity contribution < 1.29 is 4.42 Å². The molecule has 0 fully saturated rings. The molecule has 0 N–H and O–H groups in total. The molecule has 0 saturated heterocycles. The smallest absolute Gasteiger partial charge is 0.0980 e. The van der Waals surface area contributed by atoms with Crippen molar-refractivity contribution in [3.8, 4) is 11.1 Å². The molecule has 3 aromatic rings. The van der Waals surface area contributed by atoms with Crippen molar-refractivity contribution in [2.45, 2.75) is 20.8 Å². The first-order valence-electron chi connectivity index (χ1n) is 8.00. The summed E-state index contributed by atoms with van der Waals surface area (Å²) in [6.45, 7) is 10.1. The summed E-state index contributed by atoms with van der Waals surface area (Å²) in [6, 6.07) is 14.6. The predicted molar refractivity (Wildman–Crippen MR) is 102 cm³/mol. The second-order valence-corrected chi connectivity index (χ2v) is 6.01. The SMILES string of the molecule is C=Cc1cc(C)ccc1C(C)=Nc1cc(-c2ccoc2)ccc1C. The van der Waals surface area contributed by atoms with Gasteiger partial charge in [0.2, 0.25) is 0 Å². The largest absolute Gasteiger partial charge is 0.472 e. The van der Waals surface area contributed by atoms with E-state index in [1.54, 1.807) is 12.5 Å². The summed E-state index contributed by atoms with van der Waals surface area (Å²) in [7, 11) is 0. The van der Waals surface area contributed by atoms with E-state index in [1.165, 1.54) is 5.56 Å². The number of aryl methyl sites for hydroxylation is 2. The zero-order valence-electron chi connectivity index (χ0n) is 14.3. The fourth-order valence-electron chi connectivity index (χ4n) is 2.76. The molecule has 3 rings (SSSR count). The Morgan fingerprint density at radius 2 is 1.88 bits per heavy atom. The maximum atomic E-state index is 5.18. The highest BCUT2D eigenvalue weighted by molar-refractivity contribution is 6.03. The molecule has 1 aromatic heterocycles. The zero-order valence-corrected chi connectivity index (χ0v) is 14.3. The molecule has 2 heteroatoms. The number of hydrogen-bond donors (Lipinski definition) is 0. The Balaban J connectivity index is 2.05. The minimum absolute atomic E-state index is 0.974. The van der Waals surface area contributed by atoms with E-state index >= 15 is 0 Å². The molecule has 0 saturated carbocycles. The van der Waals surface area contributed by atoms with Crippen LogP contribution in [0, 0.1) is 13.8 Å². The Hall–Kier alpha value is -2.87. The van der Waals surface area contributed by atoms with Crippen LogP contribution in [0.2, 0.25) is 0 Å². The van der Waals surface area contributed by atoms with Gasteiger partial charge in [-0.15, -0.1) is 0 Å². The molecule has 2 aromatic carbocycles. The first-order valence-corrected chi connectivity index (χ1v) is 8.00. The predicted octanol–water partition coefficient (Wildman–Crippen LogP) is 6.35. The number of aliphatic imine (C=N–C) groups is 1. The normalized spacial score (nSPS) is 11.5. The van der Waals surface area contributed by atoms with Crippen molar-refractivity contribution in [2.75, 3.05) is 0 Å². The van der Waals surface area contributed by atoms with Crippen LogP contribution in [0.5, 0.6) is 0 Å². The first-order chi connectivity index (χ1) is 11.6. The molecule has 0 amide bonds. The van der Waals surface area contributed by atoms with Crippen molar-refractivity contribution in [1.29, 1.82) is 0 Å². The van der Waals surface area contributed by atoms with E-state index in [4.69, 9.17) is 9.41 Å². The molecule has 0 aliphatic carbocycles. The lowest BCUT2D eigenvalue weighted by atomic mass is 10.0. The summed E-state index contributed by atoms with van der Waals surface area (Å²) in [5.41, 5.74) is 8.72. The molecular formula is C22H21NO. The van der Waals surface area contributed by atoms with Crippen LogP contribution in [0.15, 0.2) is 71.0 Å². The van der Waals surface area contributed by atoms with Gasteiger partial charge in [0.1, 0.15) is 0 Å². The molecule has 0 bridgehead atoms. The fraction of sp³-hybridized carbons (Fsp3) is 0.136. The van der Waals surface area contributed by atoms with Gasteiger partial charge in [-0.05, 0) is 49.6 Å². The summed E-state index contributed by atoms with van der Waals surface area (Å²) in [6.07, 6.45) is 5.32. The molecule has 120 valence electrons. The molecule has 2 nitrogen and oxygen atoms in total. The van der Waals surface area contributed by atoms with Gasteiger partial charge in [-0.1, -0.05) is 48.6 Å². The van der Waals surface area contributed by atoms with Crippen molar-refractivity contribution >= 4 is 17.5 Å². The second kappa shape index (κ2) is 6.71. The number of hydrogen-bond acceptors (Lipinski definition) is 2. The topological polar surface area (TPSA) is 25.5 Å². The second-order valence-electron chi connectivity index (χ2n) is 6.01. The summed E-state index contributed by atoms with van der Waals surface area (Å²) in [4.78, 5) is 4.88. The number of nitrogens with zero attached hydrogens (tertiary/aromatic N) is 1. The molecule has 1 heterocycles. The first kappa shape index (κ1) is 16.0. The van der Waals surface area contributed by atoms with Gasteiger partial charge in [0.25, 0.3) is 0 Å². The van der Waals surface area contributed by atoms with Gasteiger partial charge in [0, 0.05) is 16.8 Å². The van der Waals surface area contributed by atoms with Gasteiger partial charge >= 0.3 is 0 Å². The van der Waals surface area contributed by atoms with Gasteiger partial charge in [-0.3, -0.25) is 4.99 Å². The minimum atomic E-state index is 0.974. The van der Waals surface area contributed by atoms with Crippen LogP contribution < -0.4 is 0 Å². The highest BCUT2D eigenvalue weighted by Crippen LogP contribution is 2.28. The molecule has 24 heavy (non-hydrogen) atoms. The zero-order chi connectivity index (χ0) is 17.1. The lowest BCUT2D eigenvalue weighted by Crippen LogP contribution is -1.98. The van der Waals surface area contributed by atoms with E-state index < -0.39 is 0 Å². The molecular weight excluding hydrogens is 294 g/mol. The summed E-state index contributed by atoms with van der Waals surface area (Å²) >= 11 is 0.